The Morgan fingerprint density at radius 2 is 1.90 bits per heavy atom. The van der Waals surface area contributed by atoms with E-state index in [1.807, 2.05) is 4.90 Å². The van der Waals surface area contributed by atoms with Crippen LogP contribution in [0.4, 0.5) is 0 Å². The van der Waals surface area contributed by atoms with Gasteiger partial charge in [0, 0.05) is 31.6 Å². The van der Waals surface area contributed by atoms with Gasteiger partial charge in [0.05, 0.1) is 13.0 Å². The summed E-state index contributed by atoms with van der Waals surface area (Å²) >= 11 is 0. The second kappa shape index (κ2) is 7.25. The number of carbonyl (C=O) groups excluding carboxylic acids is 2. The number of piperidine rings is 1. The van der Waals surface area contributed by atoms with Crippen LogP contribution in [0, 0.1) is 5.92 Å². The lowest BCUT2D eigenvalue weighted by Crippen LogP contribution is -2.45. The molecule has 1 amide bonds. The number of hydrogen-bond acceptors (Lipinski definition) is 4. The first-order chi connectivity index (χ1) is 10.0. The van der Waals surface area contributed by atoms with E-state index in [-0.39, 0.29) is 17.8 Å². The first-order valence-corrected chi connectivity index (χ1v) is 8.14. The van der Waals surface area contributed by atoms with Gasteiger partial charge in [-0.3, -0.25) is 14.5 Å². The smallest absolute Gasteiger partial charge is 0.310 e. The molecule has 0 saturated carbocycles. The van der Waals surface area contributed by atoms with Gasteiger partial charge < -0.3 is 9.64 Å². The third-order valence-corrected chi connectivity index (χ3v) is 4.80. The van der Waals surface area contributed by atoms with Crippen molar-refractivity contribution in [2.24, 2.45) is 5.92 Å². The third kappa shape index (κ3) is 3.96. The number of hydrogen-bond donors (Lipinski definition) is 0. The fraction of sp³-hybridized carbons (Fsp3) is 0.875. The van der Waals surface area contributed by atoms with E-state index in [9.17, 15) is 9.59 Å². The summed E-state index contributed by atoms with van der Waals surface area (Å²) in [6.07, 6.45) is 4.60. The molecular formula is C16H28N2O3. The van der Waals surface area contributed by atoms with Gasteiger partial charge in [-0.25, -0.2) is 0 Å². The minimum Gasteiger partial charge on any atom is -0.469 e. The zero-order chi connectivity index (χ0) is 15.4. The van der Waals surface area contributed by atoms with Crippen molar-refractivity contribution in [3.05, 3.63) is 0 Å². The topological polar surface area (TPSA) is 49.9 Å². The number of ether oxygens (including phenoxy) is 1. The highest BCUT2D eigenvalue weighted by Crippen LogP contribution is 2.25. The molecule has 2 aliphatic heterocycles. The van der Waals surface area contributed by atoms with E-state index in [1.165, 1.54) is 13.5 Å². The van der Waals surface area contributed by atoms with E-state index in [4.69, 9.17) is 4.74 Å². The first kappa shape index (κ1) is 16.3. The van der Waals surface area contributed by atoms with Gasteiger partial charge in [0.1, 0.15) is 0 Å². The molecule has 0 aromatic rings. The van der Waals surface area contributed by atoms with Crippen LogP contribution in [0.15, 0.2) is 0 Å². The Balaban J connectivity index is 1.89. The summed E-state index contributed by atoms with van der Waals surface area (Å²) in [4.78, 5) is 28.5. The summed E-state index contributed by atoms with van der Waals surface area (Å²) in [7, 11) is 1.42. The van der Waals surface area contributed by atoms with Crippen molar-refractivity contribution in [3.8, 4) is 0 Å². The number of likely N-dealkylation sites (tertiary alicyclic amines) is 2. The zero-order valence-electron chi connectivity index (χ0n) is 13.5. The van der Waals surface area contributed by atoms with Gasteiger partial charge in [-0.2, -0.15) is 0 Å². The molecule has 2 saturated heterocycles. The van der Waals surface area contributed by atoms with E-state index in [1.54, 1.807) is 0 Å². The molecular weight excluding hydrogens is 268 g/mol. The number of methoxy groups -OCH3 is 1. The monoisotopic (exact) mass is 296 g/mol. The Kier molecular flexibility index (Phi) is 5.62. The van der Waals surface area contributed by atoms with Gasteiger partial charge in [0.2, 0.25) is 5.91 Å². The minimum atomic E-state index is -0.183. The fourth-order valence-electron chi connectivity index (χ4n) is 3.65. The van der Waals surface area contributed by atoms with Crippen molar-refractivity contribution < 1.29 is 14.3 Å². The Morgan fingerprint density at radius 3 is 2.57 bits per heavy atom. The molecule has 0 aliphatic carbocycles. The standard InChI is InChI=1S/C16H28N2O3/c1-12(2)18-9-5-7-14(18)10-15(19)17-8-4-6-13(11-17)16(20)21-3/h12-14H,4-11H2,1-3H3/t13?,14-/m0/s1. The van der Waals surface area contributed by atoms with Crippen molar-refractivity contribution >= 4 is 11.9 Å². The number of amides is 1. The third-order valence-electron chi connectivity index (χ3n) is 4.80. The molecule has 0 aromatic heterocycles. The van der Waals surface area contributed by atoms with E-state index >= 15 is 0 Å². The van der Waals surface area contributed by atoms with Crippen LogP contribution in [0.5, 0.6) is 0 Å². The lowest BCUT2D eigenvalue weighted by Gasteiger charge is -2.34. The number of nitrogens with zero attached hydrogens (tertiary/aromatic N) is 2. The van der Waals surface area contributed by atoms with Crippen LogP contribution in [0.25, 0.3) is 0 Å². The summed E-state index contributed by atoms with van der Waals surface area (Å²) in [6.45, 7) is 6.79. The summed E-state index contributed by atoms with van der Waals surface area (Å²) in [5.74, 6) is -0.129. The van der Waals surface area contributed by atoms with Crippen LogP contribution >= 0.6 is 0 Å². The summed E-state index contributed by atoms with van der Waals surface area (Å²) < 4.78 is 4.81. The molecule has 0 bridgehead atoms. The van der Waals surface area contributed by atoms with Gasteiger partial charge in [-0.15, -0.1) is 0 Å². The summed E-state index contributed by atoms with van der Waals surface area (Å²) in [5, 5.41) is 0. The molecule has 2 aliphatic rings. The Morgan fingerprint density at radius 1 is 1.19 bits per heavy atom. The van der Waals surface area contributed by atoms with Crippen molar-refractivity contribution in [3.63, 3.8) is 0 Å². The Bertz CT molecular complexity index is 384. The molecule has 2 fully saturated rings. The molecule has 5 nitrogen and oxygen atoms in total. The molecule has 0 N–H and O–H groups in total. The maximum atomic E-state index is 12.5. The molecule has 0 radical (unpaired) electrons. The number of carbonyl (C=O) groups is 2. The average Bonchev–Trinajstić information content (AvgIpc) is 2.94. The normalized spacial score (nSPS) is 27.1. The number of rotatable bonds is 4. The molecule has 21 heavy (non-hydrogen) atoms. The maximum Gasteiger partial charge on any atom is 0.310 e. The number of esters is 1. The molecule has 0 spiro atoms. The van der Waals surface area contributed by atoms with Gasteiger partial charge in [-0.05, 0) is 46.1 Å². The van der Waals surface area contributed by atoms with Crippen LogP contribution in [0.2, 0.25) is 0 Å². The summed E-state index contributed by atoms with van der Waals surface area (Å²) in [6, 6.07) is 0.866. The summed E-state index contributed by atoms with van der Waals surface area (Å²) in [5.41, 5.74) is 0. The quantitative estimate of drug-likeness (QED) is 0.740. The van der Waals surface area contributed by atoms with Crippen LogP contribution < -0.4 is 0 Å². The Hall–Kier alpha value is -1.10. The first-order valence-electron chi connectivity index (χ1n) is 8.14. The van der Waals surface area contributed by atoms with E-state index in [0.29, 0.717) is 25.0 Å². The molecule has 5 heteroatoms. The molecule has 120 valence electrons. The molecule has 2 atom stereocenters. The van der Waals surface area contributed by atoms with Gasteiger partial charge in [-0.1, -0.05) is 0 Å². The molecule has 2 rings (SSSR count). The van der Waals surface area contributed by atoms with E-state index < -0.39 is 0 Å². The highest BCUT2D eigenvalue weighted by atomic mass is 16.5. The van der Waals surface area contributed by atoms with Crippen molar-refractivity contribution in [2.75, 3.05) is 26.7 Å². The lowest BCUT2D eigenvalue weighted by atomic mass is 9.97. The zero-order valence-corrected chi connectivity index (χ0v) is 13.5. The van der Waals surface area contributed by atoms with E-state index in [2.05, 4.69) is 18.7 Å². The molecule has 0 aromatic carbocycles. The molecule has 1 unspecified atom stereocenters. The second-order valence-corrected chi connectivity index (χ2v) is 6.53. The second-order valence-electron chi connectivity index (χ2n) is 6.53. The van der Waals surface area contributed by atoms with Crippen molar-refractivity contribution in [1.82, 2.24) is 9.80 Å². The lowest BCUT2D eigenvalue weighted by molar-refractivity contribution is -0.149. The van der Waals surface area contributed by atoms with Crippen LogP contribution in [-0.4, -0.2) is 60.5 Å². The largest absolute Gasteiger partial charge is 0.469 e. The fourth-order valence-corrected chi connectivity index (χ4v) is 3.65. The highest BCUT2D eigenvalue weighted by molar-refractivity contribution is 5.79. The molecule has 2 heterocycles. The highest BCUT2D eigenvalue weighted by Gasteiger charge is 2.33. The van der Waals surface area contributed by atoms with Crippen molar-refractivity contribution in [2.45, 2.75) is 58.0 Å². The van der Waals surface area contributed by atoms with Crippen LogP contribution in [-0.2, 0) is 14.3 Å². The SMILES string of the molecule is COC(=O)C1CCCN(C(=O)C[C@@H]2CCCN2C(C)C)C1. The van der Waals surface area contributed by atoms with Gasteiger partial charge >= 0.3 is 5.97 Å². The van der Waals surface area contributed by atoms with E-state index in [0.717, 1.165) is 32.4 Å². The maximum absolute atomic E-state index is 12.5. The predicted octanol–water partition coefficient (Wildman–Crippen LogP) is 1.66. The van der Waals surface area contributed by atoms with Crippen LogP contribution in [0.3, 0.4) is 0 Å². The average molecular weight is 296 g/mol. The van der Waals surface area contributed by atoms with Crippen molar-refractivity contribution in [1.29, 1.82) is 0 Å². The van der Waals surface area contributed by atoms with Crippen LogP contribution in [0.1, 0.15) is 46.0 Å². The van der Waals surface area contributed by atoms with Gasteiger partial charge in [0.25, 0.3) is 0 Å². The van der Waals surface area contributed by atoms with Gasteiger partial charge in [0.15, 0.2) is 0 Å². The Labute approximate surface area is 127 Å². The minimum absolute atomic E-state index is 0.141. The predicted molar refractivity (Wildman–Crippen MR) is 80.8 cm³/mol.